The smallest absolute Gasteiger partial charge is 0.339 e. The summed E-state index contributed by atoms with van der Waals surface area (Å²) >= 11 is 0. The third-order valence-electron chi connectivity index (χ3n) is 1.93. The summed E-state index contributed by atoms with van der Waals surface area (Å²) in [5, 5.41) is 27.2. The van der Waals surface area contributed by atoms with Gasteiger partial charge < -0.3 is 15.3 Å². The molecule has 1 aromatic carbocycles. The van der Waals surface area contributed by atoms with Gasteiger partial charge in [-0.3, -0.25) is 4.79 Å². The molecule has 1 rings (SSSR count). The van der Waals surface area contributed by atoms with Gasteiger partial charge in [0.15, 0.2) is 6.29 Å². The lowest BCUT2D eigenvalue weighted by atomic mass is 10.0. The van der Waals surface area contributed by atoms with E-state index < -0.39 is 17.3 Å². The number of hydrogen-bond acceptors (Lipinski definition) is 4. The third-order valence-corrected chi connectivity index (χ3v) is 1.93. The van der Waals surface area contributed by atoms with E-state index in [-0.39, 0.29) is 16.9 Å². The van der Waals surface area contributed by atoms with Crippen LogP contribution >= 0.6 is 0 Å². The average molecular weight is 196 g/mol. The van der Waals surface area contributed by atoms with E-state index >= 15 is 0 Å². The van der Waals surface area contributed by atoms with E-state index in [4.69, 9.17) is 5.11 Å². The Hall–Kier alpha value is -2.04. The van der Waals surface area contributed by atoms with Crippen LogP contribution < -0.4 is 0 Å². The Bertz CT molecular complexity index is 408. The van der Waals surface area contributed by atoms with E-state index in [0.29, 0.717) is 6.29 Å². The van der Waals surface area contributed by atoms with Gasteiger partial charge in [-0.05, 0) is 13.0 Å². The maximum absolute atomic E-state index is 10.6. The van der Waals surface area contributed by atoms with Gasteiger partial charge in [0.1, 0.15) is 17.1 Å². The predicted octanol–water partition coefficient (Wildman–Crippen LogP) is 0.917. The van der Waals surface area contributed by atoms with Crippen LogP contribution in [-0.4, -0.2) is 27.6 Å². The molecule has 0 amide bonds. The molecular weight excluding hydrogens is 188 g/mol. The first-order chi connectivity index (χ1) is 6.49. The Balaban J connectivity index is 3.58. The number of carboxylic acid groups (broad SMARTS) is 1. The highest BCUT2D eigenvalue weighted by Gasteiger charge is 2.18. The molecule has 0 aliphatic heterocycles. The summed E-state index contributed by atoms with van der Waals surface area (Å²) in [5.41, 5.74) is -0.542. The topological polar surface area (TPSA) is 94.8 Å². The molecule has 0 aliphatic rings. The second kappa shape index (κ2) is 3.37. The number of phenols is 2. The number of benzene rings is 1. The van der Waals surface area contributed by atoms with Crippen molar-refractivity contribution in [2.45, 2.75) is 6.92 Å². The fraction of sp³-hybridized carbons (Fsp3) is 0.111. The fourth-order valence-electron chi connectivity index (χ4n) is 1.08. The van der Waals surface area contributed by atoms with E-state index in [0.717, 1.165) is 6.07 Å². The summed E-state index contributed by atoms with van der Waals surface area (Å²) in [5.74, 6) is -2.36. The molecule has 5 nitrogen and oxygen atoms in total. The predicted molar refractivity (Wildman–Crippen MR) is 46.9 cm³/mol. The molecule has 1 aromatic rings. The Morgan fingerprint density at radius 1 is 1.43 bits per heavy atom. The molecule has 0 fully saturated rings. The third kappa shape index (κ3) is 1.39. The first kappa shape index (κ1) is 10.0. The van der Waals surface area contributed by atoms with E-state index in [1.165, 1.54) is 6.92 Å². The molecule has 14 heavy (non-hydrogen) atoms. The Kier molecular flexibility index (Phi) is 2.42. The van der Waals surface area contributed by atoms with Crippen LogP contribution in [0.15, 0.2) is 6.07 Å². The lowest BCUT2D eigenvalue weighted by Gasteiger charge is -2.07. The summed E-state index contributed by atoms with van der Waals surface area (Å²) in [7, 11) is 0. The lowest BCUT2D eigenvalue weighted by Crippen LogP contribution is -2.00. The first-order valence-electron chi connectivity index (χ1n) is 3.73. The molecule has 0 atom stereocenters. The largest absolute Gasteiger partial charge is 0.508 e. The summed E-state index contributed by atoms with van der Waals surface area (Å²) in [6, 6.07) is 0.903. The van der Waals surface area contributed by atoms with Crippen LogP contribution in [0.4, 0.5) is 0 Å². The van der Waals surface area contributed by atoms with Crippen LogP contribution in [0.1, 0.15) is 26.3 Å². The van der Waals surface area contributed by atoms with E-state index in [1.54, 1.807) is 0 Å². The lowest BCUT2D eigenvalue weighted by molar-refractivity contribution is 0.0693. The van der Waals surface area contributed by atoms with Crippen molar-refractivity contribution in [1.82, 2.24) is 0 Å². The highest BCUT2D eigenvalue weighted by molar-refractivity contribution is 5.96. The molecule has 0 heterocycles. The molecule has 0 unspecified atom stereocenters. The molecule has 5 heteroatoms. The van der Waals surface area contributed by atoms with Crippen LogP contribution in [-0.2, 0) is 0 Å². The number of rotatable bonds is 2. The first-order valence-corrected chi connectivity index (χ1v) is 3.73. The van der Waals surface area contributed by atoms with E-state index in [9.17, 15) is 19.8 Å². The van der Waals surface area contributed by atoms with Crippen molar-refractivity contribution >= 4 is 12.3 Å². The van der Waals surface area contributed by atoms with Gasteiger partial charge in [-0.2, -0.15) is 0 Å². The molecule has 0 aromatic heterocycles. The summed E-state index contributed by atoms with van der Waals surface area (Å²) in [6.07, 6.45) is 0.302. The highest BCUT2D eigenvalue weighted by atomic mass is 16.4. The van der Waals surface area contributed by atoms with Gasteiger partial charge in [0.05, 0.1) is 5.56 Å². The number of carbonyl (C=O) groups excluding carboxylic acids is 1. The van der Waals surface area contributed by atoms with Crippen molar-refractivity contribution in [2.24, 2.45) is 0 Å². The minimum absolute atomic E-state index is 0.155. The van der Waals surface area contributed by atoms with Crippen LogP contribution in [0, 0.1) is 6.92 Å². The molecule has 3 N–H and O–H groups in total. The summed E-state index contributed by atoms with van der Waals surface area (Å²) in [4.78, 5) is 21.1. The van der Waals surface area contributed by atoms with Crippen molar-refractivity contribution in [2.75, 3.05) is 0 Å². The SMILES string of the molecule is Cc1c(O)cc(C(=O)O)c(O)c1C=O. The number of aromatic carboxylic acids is 1. The molecule has 0 bridgehead atoms. The maximum Gasteiger partial charge on any atom is 0.339 e. The van der Waals surface area contributed by atoms with E-state index in [2.05, 4.69) is 0 Å². The van der Waals surface area contributed by atoms with Gasteiger partial charge in [-0.15, -0.1) is 0 Å². The molecule has 0 radical (unpaired) electrons. The molecule has 0 saturated heterocycles. The number of aldehydes is 1. The number of aromatic hydroxyl groups is 2. The monoisotopic (exact) mass is 196 g/mol. The van der Waals surface area contributed by atoms with Gasteiger partial charge in [-0.1, -0.05) is 0 Å². The molecule has 74 valence electrons. The second-order valence-electron chi connectivity index (χ2n) is 2.75. The summed E-state index contributed by atoms with van der Waals surface area (Å²) < 4.78 is 0. The zero-order chi connectivity index (χ0) is 10.9. The van der Waals surface area contributed by atoms with Crippen molar-refractivity contribution in [3.8, 4) is 11.5 Å². The average Bonchev–Trinajstić information content (AvgIpc) is 2.12. The number of carbonyl (C=O) groups is 2. The summed E-state index contributed by atoms with van der Waals surface area (Å²) in [6.45, 7) is 1.41. The van der Waals surface area contributed by atoms with Crippen molar-refractivity contribution < 1.29 is 24.9 Å². The van der Waals surface area contributed by atoms with Gasteiger partial charge >= 0.3 is 5.97 Å². The van der Waals surface area contributed by atoms with Gasteiger partial charge in [0.25, 0.3) is 0 Å². The minimum atomic E-state index is -1.40. The number of carboxylic acids is 1. The van der Waals surface area contributed by atoms with Crippen LogP contribution in [0.3, 0.4) is 0 Å². The van der Waals surface area contributed by atoms with Crippen molar-refractivity contribution in [3.63, 3.8) is 0 Å². The van der Waals surface area contributed by atoms with Crippen LogP contribution in [0.25, 0.3) is 0 Å². The molecule has 0 aliphatic carbocycles. The highest BCUT2D eigenvalue weighted by Crippen LogP contribution is 2.31. The standard InChI is InChI=1S/C9H8O5/c1-4-6(3-10)8(12)5(9(13)14)2-7(4)11/h2-3,11-12H,1H3,(H,13,14). The van der Waals surface area contributed by atoms with Gasteiger partial charge in [0, 0.05) is 5.56 Å². The zero-order valence-electron chi connectivity index (χ0n) is 7.31. The van der Waals surface area contributed by atoms with Crippen LogP contribution in [0.2, 0.25) is 0 Å². The Labute approximate surface area is 79.2 Å². The normalized spacial score (nSPS) is 9.79. The number of hydrogen-bond donors (Lipinski definition) is 3. The maximum atomic E-state index is 10.6. The quantitative estimate of drug-likeness (QED) is 0.482. The Morgan fingerprint density at radius 3 is 2.43 bits per heavy atom. The zero-order valence-corrected chi connectivity index (χ0v) is 7.31. The number of phenolic OH excluding ortho intramolecular Hbond substituents is 1. The van der Waals surface area contributed by atoms with Gasteiger partial charge in [0.2, 0.25) is 0 Å². The molecule has 0 saturated carbocycles. The fourth-order valence-corrected chi connectivity index (χ4v) is 1.08. The molecular formula is C9H8O5. The van der Waals surface area contributed by atoms with Gasteiger partial charge in [-0.25, -0.2) is 4.79 Å². The van der Waals surface area contributed by atoms with Crippen molar-refractivity contribution in [3.05, 3.63) is 22.8 Å². The minimum Gasteiger partial charge on any atom is -0.508 e. The van der Waals surface area contributed by atoms with Crippen molar-refractivity contribution in [1.29, 1.82) is 0 Å². The van der Waals surface area contributed by atoms with E-state index in [1.807, 2.05) is 0 Å². The molecule has 0 spiro atoms. The van der Waals surface area contributed by atoms with Crippen LogP contribution in [0.5, 0.6) is 11.5 Å². The second-order valence-corrected chi connectivity index (χ2v) is 2.75. The Morgan fingerprint density at radius 2 is 2.00 bits per heavy atom.